The fourth-order valence-electron chi connectivity index (χ4n) is 5.72. The second kappa shape index (κ2) is 8.80. The summed E-state index contributed by atoms with van der Waals surface area (Å²) in [5.41, 5.74) is 3.37. The molecule has 3 fully saturated rings. The highest BCUT2D eigenvalue weighted by Crippen LogP contribution is 2.61. The molecule has 2 N–H and O–H groups in total. The van der Waals surface area contributed by atoms with Crippen molar-refractivity contribution < 1.29 is 0 Å². The molecule has 3 saturated carbocycles. The first-order valence-electron chi connectivity index (χ1n) is 11.2. The van der Waals surface area contributed by atoms with E-state index in [1.165, 1.54) is 36.9 Å². The third-order valence-electron chi connectivity index (χ3n) is 7.64. The van der Waals surface area contributed by atoms with Gasteiger partial charge in [0.15, 0.2) is 0 Å². The molecule has 0 aliphatic heterocycles. The summed E-state index contributed by atoms with van der Waals surface area (Å²) in [7, 11) is 0. The number of hydrogen-bond donors (Lipinski definition) is 2. The van der Waals surface area contributed by atoms with Gasteiger partial charge < -0.3 is 10.6 Å². The summed E-state index contributed by atoms with van der Waals surface area (Å²) in [5.74, 6) is 3.26. The van der Waals surface area contributed by atoms with Crippen molar-refractivity contribution in [1.82, 2.24) is 10.6 Å². The van der Waals surface area contributed by atoms with Crippen LogP contribution in [-0.4, -0.2) is 26.2 Å². The van der Waals surface area contributed by atoms with Gasteiger partial charge >= 0.3 is 0 Å². The highest BCUT2D eigenvalue weighted by atomic mass is 14.9. The predicted molar refractivity (Wildman–Crippen MR) is 119 cm³/mol. The van der Waals surface area contributed by atoms with Crippen LogP contribution in [0.5, 0.6) is 0 Å². The summed E-state index contributed by atoms with van der Waals surface area (Å²) >= 11 is 0. The van der Waals surface area contributed by atoms with Crippen molar-refractivity contribution in [2.45, 2.75) is 39.0 Å². The summed E-state index contributed by atoms with van der Waals surface area (Å²) < 4.78 is 0. The first-order valence-corrected chi connectivity index (χ1v) is 11.2. The number of fused-ring (bicyclic) bond motifs is 2. The average molecular weight is 377 g/mol. The van der Waals surface area contributed by atoms with Gasteiger partial charge in [0.2, 0.25) is 0 Å². The number of rotatable bonds is 9. The molecule has 0 radical (unpaired) electrons. The summed E-state index contributed by atoms with van der Waals surface area (Å²) in [5, 5.41) is 7.43. The maximum Gasteiger partial charge on any atom is 0.0214 e. The van der Waals surface area contributed by atoms with Crippen molar-refractivity contribution >= 4 is 0 Å². The minimum absolute atomic E-state index is 0.411. The fraction of sp³-hybridized carbons (Fsp3) is 0.538. The molecule has 150 valence electrons. The predicted octanol–water partition coefficient (Wildman–Crippen LogP) is 5.07. The SMILES string of the molecule is CC1(C)C2CCC(CNCCNCC(c3ccccc3)c3ccccc3)C1C2. The molecule has 0 aromatic heterocycles. The van der Waals surface area contributed by atoms with Crippen molar-refractivity contribution in [1.29, 1.82) is 0 Å². The second-order valence-electron chi connectivity index (χ2n) is 9.48. The molecular formula is C26H36N2. The van der Waals surface area contributed by atoms with Crippen LogP contribution in [0.3, 0.4) is 0 Å². The van der Waals surface area contributed by atoms with Gasteiger partial charge in [-0.05, 0) is 60.1 Å². The maximum absolute atomic E-state index is 3.74. The Morgan fingerprint density at radius 3 is 2.04 bits per heavy atom. The Kier molecular flexibility index (Phi) is 6.18. The van der Waals surface area contributed by atoms with Crippen LogP contribution in [0.1, 0.15) is 50.2 Å². The third kappa shape index (κ3) is 4.18. The summed E-state index contributed by atoms with van der Waals surface area (Å²) in [4.78, 5) is 0. The van der Waals surface area contributed by atoms with Crippen LogP contribution in [0.15, 0.2) is 60.7 Å². The molecule has 2 bridgehead atoms. The normalized spacial score (nSPS) is 25.5. The standard InChI is InChI=1S/C26H36N2/c1-26(2)23-14-13-22(25(26)17-23)18-27-15-16-28-19-24(20-9-5-3-6-10-20)21-11-7-4-8-12-21/h3-12,22-25,27-28H,13-19H2,1-2H3. The zero-order valence-electron chi connectivity index (χ0n) is 17.5. The highest BCUT2D eigenvalue weighted by Gasteiger charge is 2.53. The summed E-state index contributed by atoms with van der Waals surface area (Å²) in [6.07, 6.45) is 4.36. The van der Waals surface area contributed by atoms with Crippen LogP contribution in [-0.2, 0) is 0 Å². The maximum atomic E-state index is 3.74. The smallest absolute Gasteiger partial charge is 0.0214 e. The van der Waals surface area contributed by atoms with Crippen LogP contribution in [0.2, 0.25) is 0 Å². The molecule has 3 atom stereocenters. The van der Waals surface area contributed by atoms with E-state index >= 15 is 0 Å². The van der Waals surface area contributed by atoms with E-state index in [0.29, 0.717) is 11.3 Å². The number of hydrogen-bond acceptors (Lipinski definition) is 2. The lowest BCUT2D eigenvalue weighted by Gasteiger charge is -2.60. The highest BCUT2D eigenvalue weighted by molar-refractivity contribution is 5.32. The molecule has 28 heavy (non-hydrogen) atoms. The minimum atomic E-state index is 0.411. The Morgan fingerprint density at radius 2 is 1.46 bits per heavy atom. The van der Waals surface area contributed by atoms with E-state index < -0.39 is 0 Å². The molecule has 0 heterocycles. The van der Waals surface area contributed by atoms with Crippen LogP contribution in [0.25, 0.3) is 0 Å². The molecule has 0 saturated heterocycles. The van der Waals surface area contributed by atoms with Crippen molar-refractivity contribution in [3.8, 4) is 0 Å². The first kappa shape index (κ1) is 19.7. The molecule has 0 spiro atoms. The van der Waals surface area contributed by atoms with Crippen LogP contribution >= 0.6 is 0 Å². The van der Waals surface area contributed by atoms with Gasteiger partial charge in [0.25, 0.3) is 0 Å². The molecule has 5 rings (SSSR count). The van der Waals surface area contributed by atoms with Crippen LogP contribution in [0, 0.1) is 23.2 Å². The van der Waals surface area contributed by atoms with Gasteiger partial charge in [-0.15, -0.1) is 0 Å². The molecule has 2 heteroatoms. The van der Waals surface area contributed by atoms with Crippen molar-refractivity contribution in [3.05, 3.63) is 71.8 Å². The molecule has 3 aliphatic rings. The molecular weight excluding hydrogens is 340 g/mol. The Bertz CT molecular complexity index is 683. The molecule has 2 nitrogen and oxygen atoms in total. The topological polar surface area (TPSA) is 24.1 Å². The van der Waals surface area contributed by atoms with E-state index in [4.69, 9.17) is 0 Å². The Balaban J connectivity index is 1.22. The van der Waals surface area contributed by atoms with Gasteiger partial charge in [-0.3, -0.25) is 0 Å². The fourth-order valence-corrected chi connectivity index (χ4v) is 5.72. The Morgan fingerprint density at radius 1 is 0.857 bits per heavy atom. The lowest BCUT2D eigenvalue weighted by Crippen LogP contribution is -2.54. The van der Waals surface area contributed by atoms with E-state index in [9.17, 15) is 0 Å². The minimum Gasteiger partial charge on any atom is -0.315 e. The quantitative estimate of drug-likeness (QED) is 0.597. The van der Waals surface area contributed by atoms with Gasteiger partial charge in [0.1, 0.15) is 0 Å². The Hall–Kier alpha value is -1.64. The van der Waals surface area contributed by atoms with Gasteiger partial charge in [-0.1, -0.05) is 74.5 Å². The van der Waals surface area contributed by atoms with Crippen molar-refractivity contribution in [2.75, 3.05) is 26.2 Å². The van der Waals surface area contributed by atoms with Crippen molar-refractivity contribution in [3.63, 3.8) is 0 Å². The molecule has 2 aromatic rings. The second-order valence-corrected chi connectivity index (χ2v) is 9.48. The molecule has 3 unspecified atom stereocenters. The summed E-state index contributed by atoms with van der Waals surface area (Å²) in [6, 6.07) is 21.7. The number of benzene rings is 2. The van der Waals surface area contributed by atoms with E-state index in [0.717, 1.165) is 37.4 Å². The van der Waals surface area contributed by atoms with Gasteiger partial charge in [0.05, 0.1) is 0 Å². The van der Waals surface area contributed by atoms with E-state index in [2.05, 4.69) is 85.1 Å². The van der Waals surface area contributed by atoms with E-state index in [1.54, 1.807) is 0 Å². The van der Waals surface area contributed by atoms with E-state index in [-0.39, 0.29) is 0 Å². The largest absolute Gasteiger partial charge is 0.315 e. The van der Waals surface area contributed by atoms with Gasteiger partial charge in [-0.25, -0.2) is 0 Å². The molecule has 2 aromatic carbocycles. The van der Waals surface area contributed by atoms with Crippen molar-refractivity contribution in [2.24, 2.45) is 23.2 Å². The molecule has 0 amide bonds. The van der Waals surface area contributed by atoms with E-state index in [1.807, 2.05) is 0 Å². The number of nitrogens with one attached hydrogen (secondary N) is 2. The monoisotopic (exact) mass is 376 g/mol. The average Bonchev–Trinajstić information content (AvgIpc) is 2.74. The lowest BCUT2D eigenvalue weighted by molar-refractivity contribution is -0.103. The van der Waals surface area contributed by atoms with Gasteiger partial charge in [0, 0.05) is 25.6 Å². The molecule has 3 aliphatic carbocycles. The van der Waals surface area contributed by atoms with Crippen LogP contribution < -0.4 is 10.6 Å². The Labute approximate surface area is 171 Å². The van der Waals surface area contributed by atoms with Gasteiger partial charge in [-0.2, -0.15) is 0 Å². The zero-order valence-corrected chi connectivity index (χ0v) is 17.5. The van der Waals surface area contributed by atoms with Crippen LogP contribution in [0.4, 0.5) is 0 Å². The first-order chi connectivity index (χ1) is 13.7. The lowest BCUT2D eigenvalue weighted by atomic mass is 9.45. The third-order valence-corrected chi connectivity index (χ3v) is 7.64. The summed E-state index contributed by atoms with van der Waals surface area (Å²) in [6.45, 7) is 9.25. The zero-order chi connectivity index (χ0) is 19.4.